The Balaban J connectivity index is 1.59. The molecule has 0 spiro atoms. The average molecular weight is 539 g/mol. The largest absolute Gasteiger partial charge is 0.493 e. The fraction of sp³-hybridized carbons (Fsp3) is 0.133. The maximum Gasteiger partial charge on any atom is 0.263 e. The first kappa shape index (κ1) is 26.4. The summed E-state index contributed by atoms with van der Waals surface area (Å²) in [5.41, 5.74) is 8.14. The van der Waals surface area contributed by atoms with E-state index in [1.54, 1.807) is 36.4 Å². The van der Waals surface area contributed by atoms with Crippen LogP contribution in [0.2, 0.25) is 0 Å². The Labute approximate surface area is 229 Å². The monoisotopic (exact) mass is 538 g/mol. The highest BCUT2D eigenvalue weighted by Crippen LogP contribution is 2.30. The molecular formula is C30H27FN6O3. The quantitative estimate of drug-likeness (QED) is 0.241. The Hall–Kier alpha value is -5.25. The fourth-order valence-electron chi connectivity index (χ4n) is 4.71. The number of aromatic nitrogens is 3. The number of nitrogens with zero attached hydrogens (tertiary/aromatic N) is 3. The Morgan fingerprint density at radius 1 is 1.02 bits per heavy atom. The minimum atomic E-state index is -0.527. The first-order valence-corrected chi connectivity index (χ1v) is 12.4. The molecule has 4 N–H and O–H groups in total. The molecule has 3 aromatic carbocycles. The molecule has 10 heteroatoms. The van der Waals surface area contributed by atoms with Crippen LogP contribution in [-0.4, -0.2) is 34.5 Å². The molecule has 5 rings (SSSR count). The summed E-state index contributed by atoms with van der Waals surface area (Å²) in [5, 5.41) is 13.3. The number of nitrogens with two attached hydrogens (primary N) is 1. The highest BCUT2D eigenvalue weighted by Gasteiger charge is 2.20. The van der Waals surface area contributed by atoms with E-state index in [1.165, 1.54) is 31.2 Å². The minimum absolute atomic E-state index is 0.0576. The van der Waals surface area contributed by atoms with E-state index < -0.39 is 5.82 Å². The number of fused-ring (bicyclic) bond motifs is 1. The summed E-state index contributed by atoms with van der Waals surface area (Å²) in [6.07, 6.45) is 1.29. The summed E-state index contributed by atoms with van der Waals surface area (Å²) in [6.45, 7) is 1.93. The second-order valence-electron chi connectivity index (χ2n) is 9.05. The second-order valence-corrected chi connectivity index (χ2v) is 9.05. The van der Waals surface area contributed by atoms with E-state index in [1.807, 2.05) is 31.2 Å². The highest BCUT2D eigenvalue weighted by molar-refractivity contribution is 6.16. The number of benzene rings is 3. The molecule has 0 atom stereocenters. The van der Waals surface area contributed by atoms with Gasteiger partial charge in [0, 0.05) is 11.3 Å². The molecule has 9 nitrogen and oxygen atoms in total. The molecule has 5 aromatic rings. The number of pyridine rings is 1. The van der Waals surface area contributed by atoms with E-state index in [4.69, 9.17) is 20.6 Å². The van der Waals surface area contributed by atoms with Crippen molar-refractivity contribution < 1.29 is 13.9 Å². The summed E-state index contributed by atoms with van der Waals surface area (Å²) in [5.74, 6) is 0.824. The third-order valence-electron chi connectivity index (χ3n) is 6.66. The molecule has 0 unspecified atom stereocenters. The van der Waals surface area contributed by atoms with Crippen LogP contribution in [0.15, 0.2) is 77.9 Å². The summed E-state index contributed by atoms with van der Waals surface area (Å²) in [6, 6.07) is 18.6. The van der Waals surface area contributed by atoms with Gasteiger partial charge in [-0.25, -0.2) is 14.4 Å². The van der Waals surface area contributed by atoms with Crippen molar-refractivity contribution in [3.63, 3.8) is 0 Å². The van der Waals surface area contributed by atoms with Crippen molar-refractivity contribution in [3.05, 3.63) is 112 Å². The summed E-state index contributed by atoms with van der Waals surface area (Å²) in [4.78, 5) is 22.1. The zero-order valence-corrected chi connectivity index (χ0v) is 22.2. The lowest BCUT2D eigenvalue weighted by atomic mass is 10.0. The number of para-hydroxylation sites is 1. The molecule has 0 aliphatic rings. The summed E-state index contributed by atoms with van der Waals surface area (Å²) < 4.78 is 27.0. The molecule has 0 aliphatic heterocycles. The van der Waals surface area contributed by atoms with Crippen molar-refractivity contribution >= 4 is 28.1 Å². The van der Waals surface area contributed by atoms with E-state index in [2.05, 4.69) is 15.3 Å². The van der Waals surface area contributed by atoms with Gasteiger partial charge in [0.15, 0.2) is 11.5 Å². The Bertz CT molecular complexity index is 1820. The number of halogens is 1. The van der Waals surface area contributed by atoms with Crippen molar-refractivity contribution in [2.24, 2.45) is 0 Å². The number of hydrogen-bond acceptors (Lipinski definition) is 8. The molecule has 0 amide bonds. The van der Waals surface area contributed by atoms with Crippen LogP contribution in [0.5, 0.6) is 11.5 Å². The summed E-state index contributed by atoms with van der Waals surface area (Å²) in [7, 11) is 3.04. The SMILES string of the molecule is COc1ccc(C(=N)c2c(N)ncnc2NCc2cc3cccc(C)c3c(=O)n2-c2ccccc2F)cc1OC. The molecule has 0 radical (unpaired) electrons. The van der Waals surface area contributed by atoms with E-state index in [-0.39, 0.29) is 40.7 Å². The number of nitrogen functional groups attached to an aromatic ring is 1. The standard InChI is InChI=1S/C30H27FN6O3/c1-17-7-6-8-18-13-20(37(30(38)25(17)18)22-10-5-4-9-21(22)31)15-34-29-26(28(33)35-16-36-29)27(32)19-11-12-23(39-2)24(14-19)40-3/h4-14,16,32H,15H2,1-3H3,(H3,33,34,35,36). The van der Waals surface area contributed by atoms with Gasteiger partial charge in [-0.2, -0.15) is 0 Å². The second kappa shape index (κ2) is 10.9. The number of methoxy groups -OCH3 is 2. The third-order valence-corrected chi connectivity index (χ3v) is 6.66. The van der Waals surface area contributed by atoms with Crippen molar-refractivity contribution in [2.45, 2.75) is 13.5 Å². The maximum atomic E-state index is 15.0. The van der Waals surface area contributed by atoms with Gasteiger partial charge in [0.05, 0.1) is 43.1 Å². The van der Waals surface area contributed by atoms with Gasteiger partial charge in [0.2, 0.25) is 0 Å². The van der Waals surface area contributed by atoms with Gasteiger partial charge in [-0.05, 0) is 54.3 Å². The maximum absolute atomic E-state index is 15.0. The third kappa shape index (κ3) is 4.71. The van der Waals surface area contributed by atoms with Crippen LogP contribution in [0.3, 0.4) is 0 Å². The zero-order chi connectivity index (χ0) is 28.4. The topological polar surface area (TPSA) is 128 Å². The first-order valence-electron chi connectivity index (χ1n) is 12.4. The molecule has 0 saturated carbocycles. The number of rotatable bonds is 8. The summed E-state index contributed by atoms with van der Waals surface area (Å²) >= 11 is 0. The van der Waals surface area contributed by atoms with Crippen molar-refractivity contribution in [3.8, 4) is 17.2 Å². The van der Waals surface area contributed by atoms with Crippen LogP contribution in [-0.2, 0) is 6.54 Å². The van der Waals surface area contributed by atoms with Gasteiger partial charge in [0.25, 0.3) is 5.56 Å². The molecule has 202 valence electrons. The Kier molecular flexibility index (Phi) is 7.15. The number of hydrogen-bond donors (Lipinski definition) is 3. The molecule has 40 heavy (non-hydrogen) atoms. The molecule has 2 heterocycles. The zero-order valence-electron chi connectivity index (χ0n) is 22.2. The molecular weight excluding hydrogens is 511 g/mol. The number of ether oxygens (including phenoxy) is 2. The van der Waals surface area contributed by atoms with Gasteiger partial charge in [-0.3, -0.25) is 14.8 Å². The smallest absolute Gasteiger partial charge is 0.263 e. The minimum Gasteiger partial charge on any atom is -0.493 e. The predicted molar refractivity (Wildman–Crippen MR) is 153 cm³/mol. The Morgan fingerprint density at radius 3 is 2.55 bits per heavy atom. The van der Waals surface area contributed by atoms with Crippen molar-refractivity contribution in [1.29, 1.82) is 5.41 Å². The van der Waals surface area contributed by atoms with Gasteiger partial charge >= 0.3 is 0 Å². The lowest BCUT2D eigenvalue weighted by Gasteiger charge is -2.18. The normalized spacial score (nSPS) is 10.9. The lowest BCUT2D eigenvalue weighted by molar-refractivity contribution is 0.355. The number of nitrogens with one attached hydrogen (secondary N) is 2. The van der Waals surface area contributed by atoms with E-state index in [9.17, 15) is 9.18 Å². The van der Waals surface area contributed by atoms with Crippen LogP contribution < -0.4 is 26.1 Å². The highest BCUT2D eigenvalue weighted by atomic mass is 19.1. The lowest BCUT2D eigenvalue weighted by Crippen LogP contribution is -2.25. The van der Waals surface area contributed by atoms with Crippen molar-refractivity contribution in [1.82, 2.24) is 14.5 Å². The molecule has 0 aliphatic carbocycles. The van der Waals surface area contributed by atoms with Gasteiger partial charge in [0.1, 0.15) is 23.8 Å². The van der Waals surface area contributed by atoms with E-state index in [0.717, 1.165) is 10.9 Å². The van der Waals surface area contributed by atoms with E-state index in [0.29, 0.717) is 28.1 Å². The van der Waals surface area contributed by atoms with Crippen LogP contribution in [0, 0.1) is 18.2 Å². The van der Waals surface area contributed by atoms with Gasteiger partial charge in [-0.1, -0.05) is 30.3 Å². The van der Waals surface area contributed by atoms with Gasteiger partial charge in [-0.15, -0.1) is 0 Å². The Morgan fingerprint density at radius 2 is 1.80 bits per heavy atom. The fourth-order valence-corrected chi connectivity index (χ4v) is 4.71. The molecule has 0 fully saturated rings. The van der Waals surface area contributed by atoms with Crippen LogP contribution in [0.25, 0.3) is 16.5 Å². The van der Waals surface area contributed by atoms with Crippen molar-refractivity contribution in [2.75, 3.05) is 25.3 Å². The van der Waals surface area contributed by atoms with Gasteiger partial charge < -0.3 is 20.5 Å². The first-order chi connectivity index (χ1) is 19.3. The molecule has 0 bridgehead atoms. The number of anilines is 2. The van der Waals surface area contributed by atoms with Crippen LogP contribution in [0.1, 0.15) is 22.4 Å². The van der Waals surface area contributed by atoms with Crippen LogP contribution in [0.4, 0.5) is 16.0 Å². The number of aryl methyl sites for hydroxylation is 1. The van der Waals surface area contributed by atoms with Crippen LogP contribution >= 0.6 is 0 Å². The molecule has 0 saturated heterocycles. The predicted octanol–water partition coefficient (Wildman–Crippen LogP) is 4.86. The average Bonchev–Trinajstić information content (AvgIpc) is 2.96. The van der Waals surface area contributed by atoms with E-state index >= 15 is 0 Å². The molecule has 2 aromatic heterocycles.